The molecule has 0 aliphatic carbocycles. The Morgan fingerprint density at radius 1 is 1.26 bits per heavy atom. The molecule has 1 N–H and O–H groups in total. The van der Waals surface area contributed by atoms with Crippen molar-refractivity contribution in [3.63, 3.8) is 0 Å². The van der Waals surface area contributed by atoms with Crippen LogP contribution in [0.25, 0.3) is 0 Å². The number of hydrogen-bond acceptors (Lipinski definition) is 8. The smallest absolute Gasteiger partial charge is 0.426 e. The van der Waals surface area contributed by atoms with Crippen molar-refractivity contribution in [2.24, 2.45) is 0 Å². The molecule has 158 valence electrons. The predicted molar refractivity (Wildman–Crippen MR) is 96.0 cm³/mol. The Morgan fingerprint density at radius 2 is 1.81 bits per heavy atom. The van der Waals surface area contributed by atoms with Gasteiger partial charge in [0.05, 0.1) is 12.8 Å². The fourth-order valence-corrected chi connectivity index (χ4v) is 3.24. The van der Waals surface area contributed by atoms with E-state index in [-0.39, 0.29) is 6.54 Å². The lowest BCUT2D eigenvalue weighted by Crippen LogP contribution is -2.52. The van der Waals surface area contributed by atoms with Gasteiger partial charge >= 0.3 is 6.09 Å². The van der Waals surface area contributed by atoms with Gasteiger partial charge in [-0.3, -0.25) is 8.98 Å². The molecule has 1 saturated heterocycles. The first-order chi connectivity index (χ1) is 12.0. The van der Waals surface area contributed by atoms with Crippen LogP contribution in [0.2, 0.25) is 0 Å². The molecule has 1 aliphatic rings. The van der Waals surface area contributed by atoms with E-state index in [1.54, 1.807) is 34.6 Å². The minimum atomic E-state index is -3.71. The molecule has 0 spiro atoms. The maximum Gasteiger partial charge on any atom is 0.426 e. The summed E-state index contributed by atoms with van der Waals surface area (Å²) in [4.78, 5) is 23.9. The van der Waals surface area contributed by atoms with Gasteiger partial charge in [0.1, 0.15) is 23.9 Å². The third-order valence-corrected chi connectivity index (χ3v) is 4.03. The molecular weight excluding hydrogens is 380 g/mol. The largest absolute Gasteiger partial charge is 0.443 e. The molecule has 10 nitrogen and oxygen atoms in total. The molecule has 0 unspecified atom stereocenters. The molecule has 0 aromatic carbocycles. The second-order valence-electron chi connectivity index (χ2n) is 7.89. The van der Waals surface area contributed by atoms with Gasteiger partial charge in [0.15, 0.2) is 5.79 Å². The summed E-state index contributed by atoms with van der Waals surface area (Å²) in [5.74, 6) is -1.47. The molecule has 1 fully saturated rings. The Kier molecular flexibility index (Phi) is 7.25. The minimum Gasteiger partial charge on any atom is -0.443 e. The number of carbonyl (C=O) groups excluding carboxylic acids is 2. The number of ether oxygens (including phenoxy) is 3. The molecule has 1 aliphatic heterocycles. The summed E-state index contributed by atoms with van der Waals surface area (Å²) in [7, 11) is -3.71. The molecule has 0 aromatic rings. The van der Waals surface area contributed by atoms with Crippen molar-refractivity contribution in [3.8, 4) is 0 Å². The Morgan fingerprint density at radius 3 is 2.26 bits per heavy atom. The fourth-order valence-electron chi connectivity index (χ4n) is 2.58. The average molecular weight is 410 g/mol. The van der Waals surface area contributed by atoms with Gasteiger partial charge in [0, 0.05) is 6.92 Å². The van der Waals surface area contributed by atoms with E-state index in [0.717, 1.165) is 11.3 Å². The zero-order valence-corrected chi connectivity index (χ0v) is 17.9. The van der Waals surface area contributed by atoms with E-state index in [0.29, 0.717) is 0 Å². The Hall–Kier alpha value is -1.43. The lowest BCUT2D eigenvalue weighted by atomic mass is 10.1. The van der Waals surface area contributed by atoms with Gasteiger partial charge in [-0.15, -0.1) is 0 Å². The van der Waals surface area contributed by atoms with Gasteiger partial charge in [0.25, 0.3) is 10.1 Å². The van der Waals surface area contributed by atoms with Crippen LogP contribution >= 0.6 is 0 Å². The lowest BCUT2D eigenvalue weighted by Gasteiger charge is -2.29. The summed E-state index contributed by atoms with van der Waals surface area (Å²) in [5, 5.41) is 1.03. The number of amides is 2. The highest BCUT2D eigenvalue weighted by Crippen LogP contribution is 2.31. The van der Waals surface area contributed by atoms with Gasteiger partial charge in [-0.25, -0.2) is 15.2 Å². The summed E-state index contributed by atoms with van der Waals surface area (Å²) in [6, 6.07) is 0. The Bertz CT molecular complexity index is 656. The van der Waals surface area contributed by atoms with Crippen LogP contribution in [-0.2, 0) is 33.3 Å². The summed E-state index contributed by atoms with van der Waals surface area (Å²) < 4.78 is 44.5. The van der Waals surface area contributed by atoms with Crippen molar-refractivity contribution in [2.75, 3.05) is 12.8 Å². The van der Waals surface area contributed by atoms with Crippen molar-refractivity contribution in [1.29, 1.82) is 0 Å². The maximum atomic E-state index is 12.0. The van der Waals surface area contributed by atoms with E-state index in [2.05, 4.69) is 5.43 Å². The third-order valence-electron chi connectivity index (χ3n) is 3.38. The zero-order valence-electron chi connectivity index (χ0n) is 17.1. The van der Waals surface area contributed by atoms with Gasteiger partial charge in [-0.2, -0.15) is 8.42 Å². The van der Waals surface area contributed by atoms with Crippen LogP contribution in [-0.4, -0.2) is 67.9 Å². The van der Waals surface area contributed by atoms with Crippen LogP contribution in [0, 0.1) is 0 Å². The van der Waals surface area contributed by atoms with Crippen LogP contribution in [0.5, 0.6) is 0 Å². The molecular formula is C16H30N2O8S. The number of nitrogens with one attached hydrogen (secondary N) is 1. The average Bonchev–Trinajstić information content (AvgIpc) is 2.68. The van der Waals surface area contributed by atoms with Gasteiger partial charge in [-0.05, 0) is 41.5 Å². The Balaban J connectivity index is 2.90. The van der Waals surface area contributed by atoms with E-state index < -0.39 is 51.8 Å². The second-order valence-corrected chi connectivity index (χ2v) is 9.49. The third kappa shape index (κ3) is 8.41. The molecule has 1 heterocycles. The van der Waals surface area contributed by atoms with Gasteiger partial charge in [-0.1, -0.05) is 0 Å². The number of hydrogen-bond donors (Lipinski definition) is 1. The fraction of sp³-hybridized carbons (Fsp3) is 0.875. The molecule has 1 rings (SSSR count). The van der Waals surface area contributed by atoms with Crippen LogP contribution in [0.1, 0.15) is 48.5 Å². The summed E-state index contributed by atoms with van der Waals surface area (Å²) in [5.41, 5.74) is 1.63. The van der Waals surface area contributed by atoms with E-state index in [9.17, 15) is 18.0 Å². The molecule has 2 amide bonds. The normalized spacial score (nSPS) is 23.6. The first-order valence-corrected chi connectivity index (χ1v) is 10.3. The Labute approximate surface area is 160 Å². The number of carbonyl (C=O) groups is 2. The van der Waals surface area contributed by atoms with E-state index >= 15 is 0 Å². The van der Waals surface area contributed by atoms with Crippen molar-refractivity contribution in [3.05, 3.63) is 0 Å². The topological polar surface area (TPSA) is 120 Å². The summed E-state index contributed by atoms with van der Waals surface area (Å²) in [6.07, 6.45) is -2.24. The number of rotatable bonds is 5. The molecule has 11 heteroatoms. The lowest BCUT2D eigenvalue weighted by molar-refractivity contribution is -0.155. The van der Waals surface area contributed by atoms with Crippen LogP contribution in [0.3, 0.4) is 0 Å². The first-order valence-electron chi connectivity index (χ1n) is 8.51. The van der Waals surface area contributed by atoms with Crippen molar-refractivity contribution < 1.29 is 36.4 Å². The van der Waals surface area contributed by atoms with Crippen molar-refractivity contribution >= 4 is 22.1 Å². The number of hydrazine groups is 1. The molecule has 0 radical (unpaired) electrons. The van der Waals surface area contributed by atoms with Crippen LogP contribution in [0.4, 0.5) is 4.79 Å². The highest BCUT2D eigenvalue weighted by atomic mass is 32.2. The van der Waals surface area contributed by atoms with E-state index in [4.69, 9.17) is 18.4 Å². The number of nitrogens with zero attached hydrogens (tertiary/aromatic N) is 1. The molecule has 0 aromatic heterocycles. The van der Waals surface area contributed by atoms with Crippen LogP contribution in [0.15, 0.2) is 0 Å². The molecule has 0 saturated carbocycles. The quantitative estimate of drug-likeness (QED) is 0.529. The standard InChI is InChI=1S/C16H30N2O8S/c1-10(26-27(8,21)22)13-12(23-16(6,7)24-13)9-18(11(2)19)17-14(20)25-15(3,4)5/h10,12-13H,9H2,1-8H3,(H,17,20)/t10-,12+,13-/m1/s1. The van der Waals surface area contributed by atoms with Crippen molar-refractivity contribution in [2.45, 2.75) is 78.2 Å². The highest BCUT2D eigenvalue weighted by molar-refractivity contribution is 7.86. The van der Waals surface area contributed by atoms with E-state index in [1.165, 1.54) is 13.8 Å². The second kappa shape index (κ2) is 8.29. The first kappa shape index (κ1) is 23.6. The van der Waals surface area contributed by atoms with Crippen LogP contribution < -0.4 is 5.43 Å². The van der Waals surface area contributed by atoms with E-state index in [1.807, 2.05) is 0 Å². The van der Waals surface area contributed by atoms with Gasteiger partial charge < -0.3 is 14.2 Å². The SMILES string of the molecule is CC(=O)N(C[C@@H]1OC(C)(C)O[C@@H]1[C@@H](C)OS(C)(=O)=O)NC(=O)OC(C)(C)C. The molecule has 0 bridgehead atoms. The predicted octanol–water partition coefficient (Wildman–Crippen LogP) is 1.16. The minimum absolute atomic E-state index is 0.0832. The van der Waals surface area contributed by atoms with Crippen molar-refractivity contribution in [1.82, 2.24) is 10.4 Å². The summed E-state index contributed by atoms with van der Waals surface area (Å²) in [6.45, 7) is 11.1. The highest BCUT2D eigenvalue weighted by Gasteiger charge is 2.46. The monoisotopic (exact) mass is 410 g/mol. The maximum absolute atomic E-state index is 12.0. The molecule has 27 heavy (non-hydrogen) atoms. The summed E-state index contributed by atoms with van der Waals surface area (Å²) >= 11 is 0. The molecule has 3 atom stereocenters. The van der Waals surface area contributed by atoms with Gasteiger partial charge in [0.2, 0.25) is 5.91 Å². The zero-order chi connectivity index (χ0) is 21.2.